The molecule has 0 radical (unpaired) electrons. The maximum Gasteiger partial charge on any atom is 0.254 e. The van der Waals surface area contributed by atoms with Gasteiger partial charge in [0, 0.05) is 48.0 Å². The zero-order valence-corrected chi connectivity index (χ0v) is 23.2. The van der Waals surface area contributed by atoms with Crippen molar-refractivity contribution in [3.63, 3.8) is 0 Å². The van der Waals surface area contributed by atoms with Crippen LogP contribution in [0.4, 0.5) is 0 Å². The largest absolute Gasteiger partial charge is 0.379 e. The van der Waals surface area contributed by atoms with E-state index in [9.17, 15) is 9.59 Å². The molecule has 6 nitrogen and oxygen atoms in total. The summed E-state index contributed by atoms with van der Waals surface area (Å²) in [4.78, 5) is 36.0. The number of benzene rings is 3. The summed E-state index contributed by atoms with van der Waals surface area (Å²) in [5, 5.41) is 2.10. The van der Waals surface area contributed by atoms with E-state index in [1.165, 1.54) is 4.88 Å². The first-order valence-corrected chi connectivity index (χ1v) is 14.3. The van der Waals surface area contributed by atoms with Crippen LogP contribution in [-0.4, -0.2) is 72.5 Å². The zero-order chi connectivity index (χ0) is 27.0. The molecular formula is C32H35N3O3S. The van der Waals surface area contributed by atoms with Crippen LogP contribution in [0.3, 0.4) is 0 Å². The highest BCUT2D eigenvalue weighted by Crippen LogP contribution is 2.20. The number of fused-ring (bicyclic) bond motifs is 1. The Morgan fingerprint density at radius 3 is 2.33 bits per heavy atom. The van der Waals surface area contributed by atoms with Gasteiger partial charge < -0.3 is 14.5 Å². The SMILES string of the molecule is Cc1ccc(CN(Cc2ccccc2)C(=O)CN(CCN2CCOCC2)C(=O)c2ccc3ccccc3c2)s1. The quantitative estimate of drug-likeness (QED) is 0.277. The lowest BCUT2D eigenvalue weighted by molar-refractivity contribution is -0.133. The number of aryl methyl sites for hydroxylation is 1. The third kappa shape index (κ3) is 7.32. The second kappa shape index (κ2) is 13.0. The van der Waals surface area contributed by atoms with Crippen LogP contribution in [0.15, 0.2) is 84.9 Å². The lowest BCUT2D eigenvalue weighted by atomic mass is 10.1. The molecule has 202 valence electrons. The number of carbonyl (C=O) groups excluding carboxylic acids is 2. The molecular weight excluding hydrogens is 506 g/mol. The summed E-state index contributed by atoms with van der Waals surface area (Å²) in [6.07, 6.45) is 0. The minimum atomic E-state index is -0.117. The lowest BCUT2D eigenvalue weighted by Gasteiger charge is -2.31. The molecule has 1 aromatic heterocycles. The smallest absolute Gasteiger partial charge is 0.254 e. The number of ether oxygens (including phenoxy) is 1. The van der Waals surface area contributed by atoms with Crippen molar-refractivity contribution in [2.24, 2.45) is 0 Å². The topological polar surface area (TPSA) is 53.1 Å². The zero-order valence-electron chi connectivity index (χ0n) is 22.4. The van der Waals surface area contributed by atoms with Crippen LogP contribution in [0.5, 0.6) is 0 Å². The predicted molar refractivity (Wildman–Crippen MR) is 157 cm³/mol. The Bertz CT molecular complexity index is 1400. The number of thiophene rings is 1. The number of amides is 2. The molecule has 7 heteroatoms. The maximum atomic E-state index is 13.9. The van der Waals surface area contributed by atoms with E-state index in [4.69, 9.17) is 4.74 Å². The van der Waals surface area contributed by atoms with Crippen molar-refractivity contribution < 1.29 is 14.3 Å². The van der Waals surface area contributed by atoms with Crippen molar-refractivity contribution in [1.82, 2.24) is 14.7 Å². The standard InChI is InChI=1S/C32H35N3O3S/c1-25-11-14-30(39-25)23-35(22-26-7-3-2-4-8-26)31(36)24-34(16-15-33-17-19-38-20-18-33)32(37)29-13-12-27-9-5-6-10-28(27)21-29/h2-14,21H,15-20,22-24H2,1H3. The fourth-order valence-corrected chi connectivity index (χ4v) is 5.81. The van der Waals surface area contributed by atoms with E-state index in [0.717, 1.165) is 34.3 Å². The van der Waals surface area contributed by atoms with Crippen molar-refractivity contribution in [3.8, 4) is 0 Å². The fourth-order valence-electron chi connectivity index (χ4n) is 4.90. The molecule has 2 amide bonds. The summed E-state index contributed by atoms with van der Waals surface area (Å²) < 4.78 is 5.49. The van der Waals surface area contributed by atoms with Crippen molar-refractivity contribution in [2.75, 3.05) is 45.9 Å². The van der Waals surface area contributed by atoms with E-state index in [1.54, 1.807) is 16.2 Å². The van der Waals surface area contributed by atoms with Gasteiger partial charge in [-0.05, 0) is 47.5 Å². The van der Waals surface area contributed by atoms with Crippen molar-refractivity contribution in [1.29, 1.82) is 0 Å². The minimum Gasteiger partial charge on any atom is -0.379 e. The van der Waals surface area contributed by atoms with Gasteiger partial charge in [0.25, 0.3) is 5.91 Å². The highest BCUT2D eigenvalue weighted by atomic mass is 32.1. The third-order valence-corrected chi connectivity index (χ3v) is 8.10. The van der Waals surface area contributed by atoms with Gasteiger partial charge in [-0.25, -0.2) is 0 Å². The molecule has 3 aromatic carbocycles. The van der Waals surface area contributed by atoms with Crippen LogP contribution in [-0.2, 0) is 22.6 Å². The van der Waals surface area contributed by atoms with Gasteiger partial charge in [0.2, 0.25) is 5.91 Å². The summed E-state index contributed by atoms with van der Waals surface area (Å²) in [6.45, 7) is 7.39. The summed E-state index contributed by atoms with van der Waals surface area (Å²) >= 11 is 1.70. The number of nitrogens with zero attached hydrogens (tertiary/aromatic N) is 3. The monoisotopic (exact) mass is 541 g/mol. The van der Waals surface area contributed by atoms with Gasteiger partial charge in [0.1, 0.15) is 6.54 Å². The van der Waals surface area contributed by atoms with Gasteiger partial charge in [0.05, 0.1) is 19.8 Å². The first kappa shape index (κ1) is 27.1. The molecule has 1 aliphatic heterocycles. The second-order valence-corrected chi connectivity index (χ2v) is 11.4. The van der Waals surface area contributed by atoms with Crippen LogP contribution < -0.4 is 0 Å². The predicted octanol–water partition coefficient (Wildman–Crippen LogP) is 5.21. The van der Waals surface area contributed by atoms with E-state index in [1.807, 2.05) is 77.7 Å². The Balaban J connectivity index is 1.37. The van der Waals surface area contributed by atoms with Crippen molar-refractivity contribution in [2.45, 2.75) is 20.0 Å². The molecule has 1 aliphatic rings. The van der Waals surface area contributed by atoms with E-state index in [-0.39, 0.29) is 18.4 Å². The highest BCUT2D eigenvalue weighted by Gasteiger charge is 2.24. The number of rotatable bonds is 10. The third-order valence-electron chi connectivity index (χ3n) is 7.11. The molecule has 39 heavy (non-hydrogen) atoms. The van der Waals surface area contributed by atoms with Gasteiger partial charge in [-0.3, -0.25) is 14.5 Å². The van der Waals surface area contributed by atoms with Crippen LogP contribution in [0, 0.1) is 6.92 Å². The molecule has 2 heterocycles. The molecule has 1 saturated heterocycles. The van der Waals surface area contributed by atoms with Gasteiger partial charge in [-0.1, -0.05) is 60.7 Å². The van der Waals surface area contributed by atoms with Crippen LogP contribution in [0.1, 0.15) is 25.7 Å². The molecule has 0 bridgehead atoms. The summed E-state index contributed by atoms with van der Waals surface area (Å²) in [5.74, 6) is -0.171. The van der Waals surface area contributed by atoms with Crippen molar-refractivity contribution in [3.05, 3.63) is 106 Å². The molecule has 4 aromatic rings. The van der Waals surface area contributed by atoms with Crippen LogP contribution in [0.2, 0.25) is 0 Å². The molecule has 0 unspecified atom stereocenters. The molecule has 0 aliphatic carbocycles. The summed E-state index contributed by atoms with van der Waals surface area (Å²) in [7, 11) is 0. The normalized spacial score (nSPS) is 13.9. The molecule has 0 saturated carbocycles. The lowest BCUT2D eigenvalue weighted by Crippen LogP contribution is -2.47. The van der Waals surface area contributed by atoms with Crippen LogP contribution in [0.25, 0.3) is 10.8 Å². The van der Waals surface area contributed by atoms with E-state index < -0.39 is 0 Å². The Morgan fingerprint density at radius 1 is 0.846 bits per heavy atom. The Hall–Kier alpha value is -3.52. The Morgan fingerprint density at radius 2 is 1.59 bits per heavy atom. The molecule has 0 N–H and O–H groups in total. The molecule has 0 atom stereocenters. The summed E-state index contributed by atoms with van der Waals surface area (Å²) in [5.41, 5.74) is 1.67. The van der Waals surface area contributed by atoms with E-state index >= 15 is 0 Å². The number of hydrogen-bond donors (Lipinski definition) is 0. The average molecular weight is 542 g/mol. The molecule has 5 rings (SSSR count). The van der Waals surface area contributed by atoms with Crippen LogP contribution >= 0.6 is 11.3 Å². The second-order valence-electron chi connectivity index (χ2n) is 9.99. The van der Waals surface area contributed by atoms with Gasteiger partial charge in [-0.2, -0.15) is 0 Å². The van der Waals surface area contributed by atoms with Gasteiger partial charge in [0.15, 0.2) is 0 Å². The first-order chi connectivity index (χ1) is 19.0. The maximum absolute atomic E-state index is 13.9. The summed E-state index contributed by atoms with van der Waals surface area (Å²) in [6, 6.07) is 28.0. The minimum absolute atomic E-state index is 0.0349. The molecule has 0 spiro atoms. The highest BCUT2D eigenvalue weighted by molar-refractivity contribution is 7.11. The average Bonchev–Trinajstić information content (AvgIpc) is 3.39. The van der Waals surface area contributed by atoms with Gasteiger partial charge >= 0.3 is 0 Å². The van der Waals surface area contributed by atoms with Gasteiger partial charge in [-0.15, -0.1) is 11.3 Å². The first-order valence-electron chi connectivity index (χ1n) is 13.5. The number of carbonyl (C=O) groups is 2. The van der Waals surface area contributed by atoms with Crippen molar-refractivity contribution >= 4 is 33.9 Å². The number of hydrogen-bond acceptors (Lipinski definition) is 5. The van der Waals surface area contributed by atoms with E-state index in [2.05, 4.69) is 24.0 Å². The fraction of sp³-hybridized carbons (Fsp3) is 0.312. The Labute approximate surface area is 234 Å². The number of morpholine rings is 1. The Kier molecular flexibility index (Phi) is 9.04. The molecule has 1 fully saturated rings. The van der Waals surface area contributed by atoms with E-state index in [0.29, 0.717) is 45.0 Å².